The van der Waals surface area contributed by atoms with Crippen LogP contribution in [0.4, 0.5) is 5.13 Å². The van der Waals surface area contributed by atoms with E-state index in [0.717, 1.165) is 11.1 Å². The molecule has 5 rings (SSSR count). The van der Waals surface area contributed by atoms with Gasteiger partial charge < -0.3 is 5.11 Å². The molecule has 0 aliphatic carbocycles. The summed E-state index contributed by atoms with van der Waals surface area (Å²) in [5.41, 5.74) is 3.30. The van der Waals surface area contributed by atoms with Crippen LogP contribution in [0.15, 0.2) is 88.8 Å². The number of benzene rings is 3. The SMILES string of the molecule is Cc1ccc(C2/C(=C(/O)c3ccccc3)C(=O)C(=O)N2c2nnc(SCc3ccc(Cl)cc3)s2)cc1. The molecule has 1 fully saturated rings. The maximum absolute atomic E-state index is 13.3. The minimum absolute atomic E-state index is 0.0284. The zero-order chi connectivity index (χ0) is 25.2. The third-order valence-electron chi connectivity index (χ3n) is 5.76. The zero-order valence-electron chi connectivity index (χ0n) is 19.1. The van der Waals surface area contributed by atoms with Crippen LogP contribution in [0.25, 0.3) is 5.76 Å². The molecule has 1 N–H and O–H groups in total. The summed E-state index contributed by atoms with van der Waals surface area (Å²) in [5, 5.41) is 20.6. The standard InChI is InChI=1S/C27H20ClN3O3S2/c1-16-7-11-18(12-8-16)22-21(23(32)19-5-3-2-4-6-19)24(33)25(34)31(22)26-29-30-27(36-26)35-15-17-9-13-20(28)14-10-17/h2-14,22,32H,15H2,1H3/b23-21-. The van der Waals surface area contributed by atoms with Crippen molar-refractivity contribution < 1.29 is 14.7 Å². The first kappa shape index (κ1) is 24.2. The summed E-state index contributed by atoms with van der Waals surface area (Å²) in [6.07, 6.45) is 0. The van der Waals surface area contributed by atoms with Gasteiger partial charge in [0.25, 0.3) is 5.78 Å². The molecule has 4 aromatic rings. The molecule has 0 bridgehead atoms. The number of amides is 1. The molecule has 1 saturated heterocycles. The Bertz CT molecular complexity index is 1450. The molecule has 1 atom stereocenters. The molecule has 36 heavy (non-hydrogen) atoms. The molecule has 1 aliphatic rings. The zero-order valence-corrected chi connectivity index (χ0v) is 21.5. The summed E-state index contributed by atoms with van der Waals surface area (Å²) in [5.74, 6) is -1.07. The molecule has 180 valence electrons. The van der Waals surface area contributed by atoms with Crippen LogP contribution in [0.2, 0.25) is 5.02 Å². The normalized spacial score (nSPS) is 17.1. The molecular formula is C27H20ClN3O3S2. The van der Waals surface area contributed by atoms with Crippen LogP contribution < -0.4 is 4.90 Å². The molecule has 9 heteroatoms. The number of carbonyl (C=O) groups excluding carboxylic acids is 2. The lowest BCUT2D eigenvalue weighted by Gasteiger charge is -2.22. The number of hydrogen-bond acceptors (Lipinski definition) is 7. The number of anilines is 1. The van der Waals surface area contributed by atoms with Gasteiger partial charge in [0.1, 0.15) is 5.76 Å². The van der Waals surface area contributed by atoms with Crippen LogP contribution in [0.1, 0.15) is 28.3 Å². The second-order valence-corrected chi connectivity index (χ2v) is 10.8. The van der Waals surface area contributed by atoms with Crippen molar-refractivity contribution in [2.24, 2.45) is 0 Å². The third-order valence-corrected chi connectivity index (χ3v) is 8.14. The molecule has 6 nitrogen and oxygen atoms in total. The summed E-state index contributed by atoms with van der Waals surface area (Å²) >= 11 is 8.68. The number of aromatic nitrogens is 2. The average molecular weight is 534 g/mol. The van der Waals surface area contributed by atoms with Gasteiger partial charge in [0.15, 0.2) is 4.34 Å². The van der Waals surface area contributed by atoms with Crippen molar-refractivity contribution in [3.8, 4) is 0 Å². The van der Waals surface area contributed by atoms with E-state index in [1.165, 1.54) is 28.0 Å². The van der Waals surface area contributed by atoms with Gasteiger partial charge in [-0.3, -0.25) is 14.5 Å². The minimum Gasteiger partial charge on any atom is -0.507 e. The van der Waals surface area contributed by atoms with E-state index in [4.69, 9.17) is 11.6 Å². The fourth-order valence-electron chi connectivity index (χ4n) is 3.93. The van der Waals surface area contributed by atoms with Crippen LogP contribution >= 0.6 is 34.7 Å². The summed E-state index contributed by atoms with van der Waals surface area (Å²) in [6.45, 7) is 1.96. The van der Waals surface area contributed by atoms with E-state index in [9.17, 15) is 14.7 Å². The highest BCUT2D eigenvalue weighted by Crippen LogP contribution is 2.44. The highest BCUT2D eigenvalue weighted by atomic mass is 35.5. The van der Waals surface area contributed by atoms with Crippen molar-refractivity contribution in [3.63, 3.8) is 0 Å². The number of aliphatic hydroxyl groups excluding tert-OH is 1. The van der Waals surface area contributed by atoms with Crippen molar-refractivity contribution in [2.75, 3.05) is 4.90 Å². The molecule has 1 amide bonds. The van der Waals surface area contributed by atoms with E-state index in [0.29, 0.717) is 31.4 Å². The number of hydrogen-bond donors (Lipinski definition) is 1. The number of thioether (sulfide) groups is 1. The molecule has 3 aromatic carbocycles. The van der Waals surface area contributed by atoms with Gasteiger partial charge in [-0.1, -0.05) is 107 Å². The van der Waals surface area contributed by atoms with Gasteiger partial charge >= 0.3 is 5.91 Å². The highest BCUT2D eigenvalue weighted by Gasteiger charge is 2.48. The van der Waals surface area contributed by atoms with E-state index in [1.54, 1.807) is 24.3 Å². The third kappa shape index (κ3) is 4.80. The lowest BCUT2D eigenvalue weighted by molar-refractivity contribution is -0.132. The van der Waals surface area contributed by atoms with Gasteiger partial charge in [0, 0.05) is 16.3 Å². The van der Waals surface area contributed by atoms with Crippen LogP contribution in [-0.4, -0.2) is 27.0 Å². The molecular weight excluding hydrogens is 514 g/mol. The average Bonchev–Trinajstić information content (AvgIpc) is 3.46. The lowest BCUT2D eigenvalue weighted by Crippen LogP contribution is -2.29. The summed E-state index contributed by atoms with van der Waals surface area (Å²) < 4.78 is 0.660. The lowest BCUT2D eigenvalue weighted by atomic mass is 9.95. The predicted molar refractivity (Wildman–Crippen MR) is 143 cm³/mol. The number of halogens is 1. The van der Waals surface area contributed by atoms with Crippen molar-refractivity contribution in [1.29, 1.82) is 0 Å². The molecule has 0 radical (unpaired) electrons. The van der Waals surface area contributed by atoms with Gasteiger partial charge in [-0.05, 0) is 30.2 Å². The fraction of sp³-hybridized carbons (Fsp3) is 0.111. The molecule has 1 unspecified atom stereocenters. The second-order valence-electron chi connectivity index (χ2n) is 8.21. The highest BCUT2D eigenvalue weighted by molar-refractivity contribution is 8.00. The summed E-state index contributed by atoms with van der Waals surface area (Å²) in [4.78, 5) is 27.8. The number of aliphatic hydroxyl groups is 1. The number of carbonyl (C=O) groups is 2. The van der Waals surface area contributed by atoms with Gasteiger partial charge in [-0.2, -0.15) is 0 Å². The Morgan fingerprint density at radius 3 is 2.39 bits per heavy atom. The van der Waals surface area contributed by atoms with Gasteiger partial charge in [0.05, 0.1) is 11.6 Å². The second kappa shape index (κ2) is 10.3. The van der Waals surface area contributed by atoms with Crippen LogP contribution in [0, 0.1) is 6.92 Å². The van der Waals surface area contributed by atoms with Gasteiger partial charge in [0.2, 0.25) is 5.13 Å². The van der Waals surface area contributed by atoms with Crippen LogP contribution in [0.3, 0.4) is 0 Å². The maximum atomic E-state index is 13.3. The molecule has 0 spiro atoms. The number of nitrogens with zero attached hydrogens (tertiary/aromatic N) is 3. The molecule has 1 aliphatic heterocycles. The molecule has 1 aromatic heterocycles. The smallest absolute Gasteiger partial charge is 0.301 e. The fourth-order valence-corrected chi connectivity index (χ4v) is 5.88. The van der Waals surface area contributed by atoms with Gasteiger partial charge in [-0.25, -0.2) is 0 Å². The largest absolute Gasteiger partial charge is 0.507 e. The van der Waals surface area contributed by atoms with E-state index in [2.05, 4.69) is 10.2 Å². The minimum atomic E-state index is -0.826. The van der Waals surface area contributed by atoms with Crippen LogP contribution in [0.5, 0.6) is 0 Å². The number of rotatable bonds is 6. The van der Waals surface area contributed by atoms with Crippen molar-refractivity contribution in [1.82, 2.24) is 10.2 Å². The van der Waals surface area contributed by atoms with Crippen LogP contribution in [-0.2, 0) is 15.3 Å². The van der Waals surface area contributed by atoms with Gasteiger partial charge in [-0.15, -0.1) is 10.2 Å². The Balaban J connectivity index is 1.52. The number of Topliss-reactive ketones (excluding diaryl/α,β-unsaturated/α-hetero) is 1. The maximum Gasteiger partial charge on any atom is 0.301 e. The van der Waals surface area contributed by atoms with Crippen molar-refractivity contribution in [3.05, 3.63) is 112 Å². The van der Waals surface area contributed by atoms with E-state index in [-0.39, 0.29) is 11.3 Å². The Morgan fingerprint density at radius 1 is 1.00 bits per heavy atom. The first-order chi connectivity index (χ1) is 17.4. The first-order valence-corrected chi connectivity index (χ1v) is 13.2. The van der Waals surface area contributed by atoms with Crippen molar-refractivity contribution >= 4 is 57.3 Å². The van der Waals surface area contributed by atoms with E-state index < -0.39 is 17.7 Å². The van der Waals surface area contributed by atoms with E-state index >= 15 is 0 Å². The Kier molecular flexibility index (Phi) is 6.91. The number of ketones is 1. The Labute approximate surface area is 221 Å². The topological polar surface area (TPSA) is 83.4 Å². The monoisotopic (exact) mass is 533 g/mol. The number of aryl methyl sites for hydroxylation is 1. The summed E-state index contributed by atoms with van der Waals surface area (Å²) in [6, 6.07) is 23.0. The summed E-state index contributed by atoms with van der Waals surface area (Å²) in [7, 11) is 0. The molecule has 2 heterocycles. The van der Waals surface area contributed by atoms with Crippen molar-refractivity contribution in [2.45, 2.75) is 23.1 Å². The predicted octanol–water partition coefficient (Wildman–Crippen LogP) is 6.42. The Hall–Kier alpha value is -3.46. The Morgan fingerprint density at radius 2 is 1.69 bits per heavy atom. The molecule has 0 saturated carbocycles. The quantitative estimate of drug-likeness (QED) is 0.101. The first-order valence-electron chi connectivity index (χ1n) is 11.1. The van der Waals surface area contributed by atoms with E-state index in [1.807, 2.05) is 61.5 Å².